The number of primary amides is 1. The molecular formula is C11H16N4O2. The van der Waals surface area contributed by atoms with Crippen molar-refractivity contribution in [1.29, 1.82) is 0 Å². The minimum Gasteiger partial charge on any atom is -0.399 e. The van der Waals surface area contributed by atoms with Crippen molar-refractivity contribution >= 4 is 23.2 Å². The molecule has 0 saturated carbocycles. The quantitative estimate of drug-likeness (QED) is 0.616. The van der Waals surface area contributed by atoms with Gasteiger partial charge in [0.1, 0.15) is 0 Å². The Morgan fingerprint density at radius 2 is 2.06 bits per heavy atom. The molecule has 0 heterocycles. The van der Waals surface area contributed by atoms with Crippen LogP contribution in [0.4, 0.5) is 11.4 Å². The van der Waals surface area contributed by atoms with Crippen LogP contribution in [-0.2, 0) is 4.79 Å². The molecule has 5 N–H and O–H groups in total. The van der Waals surface area contributed by atoms with E-state index in [1.807, 2.05) is 0 Å². The summed E-state index contributed by atoms with van der Waals surface area (Å²) in [5, 5.41) is 2.50. The van der Waals surface area contributed by atoms with Crippen LogP contribution in [0.5, 0.6) is 0 Å². The van der Waals surface area contributed by atoms with Gasteiger partial charge in [-0.15, -0.1) is 0 Å². The first-order valence-corrected chi connectivity index (χ1v) is 5.06. The molecule has 1 rings (SSSR count). The number of nitrogens with zero attached hydrogens (tertiary/aromatic N) is 1. The van der Waals surface area contributed by atoms with Crippen LogP contribution in [-0.4, -0.2) is 32.5 Å². The Hall–Kier alpha value is -2.24. The summed E-state index contributed by atoms with van der Waals surface area (Å²) in [6.45, 7) is 0.140. The molecular weight excluding hydrogens is 220 g/mol. The van der Waals surface area contributed by atoms with Gasteiger partial charge in [0.05, 0.1) is 12.1 Å². The standard InChI is InChI=1S/C11H16N4O2/c1-14-10(16)6-15(2)9-4-3-7(12)5-8(9)11(13)17/h3-5H,6,12H2,1-2H3,(H2,13,17)(H,14,16). The van der Waals surface area contributed by atoms with Gasteiger partial charge < -0.3 is 21.7 Å². The summed E-state index contributed by atoms with van der Waals surface area (Å²) in [4.78, 5) is 24.2. The highest BCUT2D eigenvalue weighted by atomic mass is 16.2. The van der Waals surface area contributed by atoms with Gasteiger partial charge in [-0.2, -0.15) is 0 Å². The fourth-order valence-electron chi connectivity index (χ4n) is 1.46. The van der Waals surface area contributed by atoms with Crippen molar-refractivity contribution < 1.29 is 9.59 Å². The third-order valence-corrected chi connectivity index (χ3v) is 2.36. The van der Waals surface area contributed by atoms with E-state index in [0.717, 1.165) is 0 Å². The fraction of sp³-hybridized carbons (Fsp3) is 0.273. The van der Waals surface area contributed by atoms with Crippen LogP contribution in [0, 0.1) is 0 Å². The molecule has 0 bridgehead atoms. The van der Waals surface area contributed by atoms with Crippen molar-refractivity contribution in [3.05, 3.63) is 23.8 Å². The van der Waals surface area contributed by atoms with Crippen LogP contribution in [0.15, 0.2) is 18.2 Å². The summed E-state index contributed by atoms with van der Waals surface area (Å²) in [7, 11) is 3.25. The number of nitrogens with two attached hydrogens (primary N) is 2. The van der Waals surface area contributed by atoms with E-state index in [0.29, 0.717) is 16.9 Å². The van der Waals surface area contributed by atoms with Crippen LogP contribution >= 0.6 is 0 Å². The molecule has 0 spiro atoms. The topological polar surface area (TPSA) is 101 Å². The Morgan fingerprint density at radius 1 is 1.41 bits per heavy atom. The van der Waals surface area contributed by atoms with E-state index in [2.05, 4.69) is 5.32 Å². The summed E-state index contributed by atoms with van der Waals surface area (Å²) in [6.07, 6.45) is 0. The molecule has 6 nitrogen and oxygen atoms in total. The Bertz CT molecular complexity index is 445. The van der Waals surface area contributed by atoms with E-state index in [1.54, 1.807) is 31.1 Å². The van der Waals surface area contributed by atoms with Crippen LogP contribution < -0.4 is 21.7 Å². The molecule has 1 aromatic rings. The Morgan fingerprint density at radius 3 is 2.59 bits per heavy atom. The van der Waals surface area contributed by atoms with Crippen LogP contribution in [0.2, 0.25) is 0 Å². The van der Waals surface area contributed by atoms with Crippen LogP contribution in [0.25, 0.3) is 0 Å². The maximum atomic E-state index is 11.3. The third kappa shape index (κ3) is 3.10. The zero-order valence-corrected chi connectivity index (χ0v) is 9.86. The molecule has 6 heteroatoms. The van der Waals surface area contributed by atoms with Crippen LogP contribution in [0.1, 0.15) is 10.4 Å². The van der Waals surface area contributed by atoms with Crippen molar-refractivity contribution in [3.63, 3.8) is 0 Å². The van der Waals surface area contributed by atoms with Gasteiger partial charge in [0, 0.05) is 25.5 Å². The van der Waals surface area contributed by atoms with Gasteiger partial charge in [0.15, 0.2) is 0 Å². The van der Waals surface area contributed by atoms with Crippen molar-refractivity contribution in [1.82, 2.24) is 5.32 Å². The fourth-order valence-corrected chi connectivity index (χ4v) is 1.46. The van der Waals surface area contributed by atoms with E-state index < -0.39 is 5.91 Å². The van der Waals surface area contributed by atoms with Gasteiger partial charge >= 0.3 is 0 Å². The highest BCUT2D eigenvalue weighted by Crippen LogP contribution is 2.21. The largest absolute Gasteiger partial charge is 0.399 e. The lowest BCUT2D eigenvalue weighted by atomic mass is 10.1. The maximum Gasteiger partial charge on any atom is 0.250 e. The molecule has 0 atom stereocenters. The zero-order chi connectivity index (χ0) is 13.0. The highest BCUT2D eigenvalue weighted by molar-refractivity contribution is 6.00. The number of hydrogen-bond donors (Lipinski definition) is 3. The minimum atomic E-state index is -0.573. The van der Waals surface area contributed by atoms with E-state index in [9.17, 15) is 9.59 Å². The summed E-state index contributed by atoms with van der Waals surface area (Å²) in [5.74, 6) is -0.726. The predicted molar refractivity (Wildman–Crippen MR) is 66.7 cm³/mol. The lowest BCUT2D eigenvalue weighted by Crippen LogP contribution is -2.34. The number of rotatable bonds is 4. The summed E-state index contributed by atoms with van der Waals surface area (Å²) in [5.41, 5.74) is 12.2. The molecule has 2 amide bonds. The number of carbonyl (C=O) groups is 2. The second-order valence-electron chi connectivity index (χ2n) is 3.67. The Labute approximate surface area is 99.6 Å². The van der Waals surface area contributed by atoms with Gasteiger partial charge in [0.2, 0.25) is 5.91 Å². The average Bonchev–Trinajstić information content (AvgIpc) is 2.28. The first-order valence-electron chi connectivity index (χ1n) is 5.06. The third-order valence-electron chi connectivity index (χ3n) is 2.36. The summed E-state index contributed by atoms with van der Waals surface area (Å²) >= 11 is 0. The molecule has 0 saturated heterocycles. The smallest absolute Gasteiger partial charge is 0.250 e. The number of benzene rings is 1. The summed E-state index contributed by atoms with van der Waals surface area (Å²) < 4.78 is 0. The number of anilines is 2. The molecule has 0 aliphatic heterocycles. The van der Waals surface area contributed by atoms with Gasteiger partial charge in [0.25, 0.3) is 5.91 Å². The molecule has 0 radical (unpaired) electrons. The lowest BCUT2D eigenvalue weighted by Gasteiger charge is -2.20. The van der Waals surface area contributed by atoms with E-state index in [-0.39, 0.29) is 12.5 Å². The molecule has 1 aromatic carbocycles. The molecule has 92 valence electrons. The SMILES string of the molecule is CNC(=O)CN(C)c1ccc(N)cc1C(N)=O. The Balaban J connectivity index is 3.04. The van der Waals surface area contributed by atoms with Gasteiger partial charge in [-0.1, -0.05) is 0 Å². The average molecular weight is 236 g/mol. The first kappa shape index (κ1) is 12.8. The van der Waals surface area contributed by atoms with E-state index in [4.69, 9.17) is 11.5 Å². The normalized spacial score (nSPS) is 9.76. The van der Waals surface area contributed by atoms with E-state index in [1.165, 1.54) is 6.07 Å². The van der Waals surface area contributed by atoms with Crippen LogP contribution in [0.3, 0.4) is 0 Å². The molecule has 0 unspecified atom stereocenters. The number of amides is 2. The van der Waals surface area contributed by atoms with Gasteiger partial charge in [-0.3, -0.25) is 9.59 Å². The maximum absolute atomic E-state index is 11.3. The van der Waals surface area contributed by atoms with Crippen molar-refractivity contribution in [2.24, 2.45) is 5.73 Å². The number of hydrogen-bond acceptors (Lipinski definition) is 4. The molecule has 0 fully saturated rings. The van der Waals surface area contributed by atoms with E-state index >= 15 is 0 Å². The first-order chi connectivity index (χ1) is 7.95. The predicted octanol–water partition coefficient (Wildman–Crippen LogP) is -0.450. The van der Waals surface area contributed by atoms with Gasteiger partial charge in [-0.05, 0) is 18.2 Å². The molecule has 0 aromatic heterocycles. The number of nitrogens with one attached hydrogen (secondary N) is 1. The number of nitrogen functional groups attached to an aromatic ring is 1. The lowest BCUT2D eigenvalue weighted by molar-refractivity contribution is -0.119. The van der Waals surface area contributed by atoms with Crippen molar-refractivity contribution in [2.45, 2.75) is 0 Å². The number of likely N-dealkylation sites (N-methyl/N-ethyl adjacent to an activating group) is 2. The number of carbonyl (C=O) groups excluding carboxylic acids is 2. The minimum absolute atomic E-state index is 0.140. The monoisotopic (exact) mass is 236 g/mol. The second kappa shape index (κ2) is 5.20. The highest BCUT2D eigenvalue weighted by Gasteiger charge is 2.14. The van der Waals surface area contributed by atoms with Gasteiger partial charge in [-0.25, -0.2) is 0 Å². The van der Waals surface area contributed by atoms with Crippen molar-refractivity contribution in [2.75, 3.05) is 31.3 Å². The van der Waals surface area contributed by atoms with Crippen molar-refractivity contribution in [3.8, 4) is 0 Å². The Kier molecular flexibility index (Phi) is 3.92. The molecule has 17 heavy (non-hydrogen) atoms. The second-order valence-corrected chi connectivity index (χ2v) is 3.67. The molecule has 0 aliphatic rings. The zero-order valence-electron chi connectivity index (χ0n) is 9.86. The molecule has 0 aliphatic carbocycles. The summed E-state index contributed by atoms with van der Waals surface area (Å²) in [6, 6.07) is 4.82.